The molecule has 0 amide bonds. The number of imidazole rings is 1. The molecule has 0 atom stereocenters. The van der Waals surface area contributed by atoms with Gasteiger partial charge in [0, 0.05) is 37.1 Å². The summed E-state index contributed by atoms with van der Waals surface area (Å²) in [4.78, 5) is 4.81. The maximum Gasteiger partial charge on any atom is 0.112 e. The summed E-state index contributed by atoms with van der Waals surface area (Å²) in [6.45, 7) is 1.91. The zero-order valence-corrected chi connectivity index (χ0v) is 11.9. The second kappa shape index (κ2) is 4.91. The van der Waals surface area contributed by atoms with Gasteiger partial charge in [0.05, 0.1) is 11.0 Å². The SMILES string of the molecule is Nc1ccc2c(c1)nc(C1CC1)n2CCCn1cccn1. The highest BCUT2D eigenvalue weighted by Crippen LogP contribution is 2.40. The fraction of sp³-hybridized carbons (Fsp3) is 0.375. The fourth-order valence-electron chi connectivity index (χ4n) is 2.88. The number of benzene rings is 1. The monoisotopic (exact) mass is 281 g/mol. The minimum absolute atomic E-state index is 0.642. The summed E-state index contributed by atoms with van der Waals surface area (Å²) < 4.78 is 4.35. The van der Waals surface area contributed by atoms with Crippen LogP contribution >= 0.6 is 0 Å². The molecule has 21 heavy (non-hydrogen) atoms. The molecular weight excluding hydrogens is 262 g/mol. The second-order valence-electron chi connectivity index (χ2n) is 5.77. The first kappa shape index (κ1) is 12.4. The van der Waals surface area contributed by atoms with E-state index < -0.39 is 0 Å². The summed E-state index contributed by atoms with van der Waals surface area (Å²) in [6, 6.07) is 8.00. The average molecular weight is 281 g/mol. The largest absolute Gasteiger partial charge is 0.399 e. The molecule has 2 N–H and O–H groups in total. The molecule has 1 saturated carbocycles. The van der Waals surface area contributed by atoms with E-state index in [9.17, 15) is 0 Å². The van der Waals surface area contributed by atoms with E-state index in [1.165, 1.54) is 24.2 Å². The van der Waals surface area contributed by atoms with Crippen LogP contribution < -0.4 is 5.73 Å². The number of nitrogens with two attached hydrogens (primary N) is 1. The molecule has 5 heteroatoms. The van der Waals surface area contributed by atoms with Crippen LogP contribution in [-0.2, 0) is 13.1 Å². The summed E-state index contributed by atoms with van der Waals surface area (Å²) in [5.41, 5.74) is 8.89. The molecule has 1 fully saturated rings. The van der Waals surface area contributed by atoms with Crippen molar-refractivity contribution in [2.75, 3.05) is 5.73 Å². The predicted molar refractivity (Wildman–Crippen MR) is 83.0 cm³/mol. The van der Waals surface area contributed by atoms with Gasteiger partial charge in [-0.15, -0.1) is 0 Å². The lowest BCUT2D eigenvalue weighted by atomic mass is 10.2. The summed E-state index contributed by atoms with van der Waals surface area (Å²) in [5.74, 6) is 1.87. The molecule has 1 aromatic carbocycles. The number of anilines is 1. The summed E-state index contributed by atoms with van der Waals surface area (Å²) in [6.07, 6.45) is 7.41. The van der Waals surface area contributed by atoms with Gasteiger partial charge in [0.2, 0.25) is 0 Å². The van der Waals surface area contributed by atoms with Gasteiger partial charge in [-0.1, -0.05) is 0 Å². The van der Waals surface area contributed by atoms with Gasteiger partial charge in [-0.3, -0.25) is 4.68 Å². The van der Waals surface area contributed by atoms with Crippen LogP contribution in [0.5, 0.6) is 0 Å². The normalized spacial score (nSPS) is 14.9. The summed E-state index contributed by atoms with van der Waals surface area (Å²) >= 11 is 0. The van der Waals surface area contributed by atoms with E-state index in [1.807, 2.05) is 35.3 Å². The smallest absolute Gasteiger partial charge is 0.112 e. The maximum absolute atomic E-state index is 5.88. The molecule has 0 aliphatic heterocycles. The molecule has 5 nitrogen and oxygen atoms in total. The third kappa shape index (κ3) is 2.39. The Kier molecular flexibility index (Phi) is 2.91. The molecule has 1 aliphatic carbocycles. The molecule has 0 bridgehead atoms. The van der Waals surface area contributed by atoms with E-state index in [-0.39, 0.29) is 0 Å². The Hall–Kier alpha value is -2.30. The lowest BCUT2D eigenvalue weighted by molar-refractivity contribution is 0.523. The van der Waals surface area contributed by atoms with Crippen LogP contribution in [0.2, 0.25) is 0 Å². The molecule has 0 radical (unpaired) electrons. The molecule has 108 valence electrons. The third-order valence-corrected chi connectivity index (χ3v) is 4.07. The van der Waals surface area contributed by atoms with Gasteiger partial charge in [-0.05, 0) is 43.5 Å². The predicted octanol–water partition coefficient (Wildman–Crippen LogP) is 2.78. The van der Waals surface area contributed by atoms with Crippen molar-refractivity contribution >= 4 is 16.7 Å². The van der Waals surface area contributed by atoms with Crippen LogP contribution in [0, 0.1) is 0 Å². The minimum atomic E-state index is 0.642. The average Bonchev–Trinajstić information content (AvgIpc) is 3.07. The van der Waals surface area contributed by atoms with Crippen LogP contribution in [0.1, 0.15) is 31.0 Å². The Morgan fingerprint density at radius 1 is 1.24 bits per heavy atom. The van der Waals surface area contributed by atoms with Gasteiger partial charge in [-0.2, -0.15) is 5.10 Å². The van der Waals surface area contributed by atoms with E-state index in [2.05, 4.69) is 15.7 Å². The number of nitrogens with zero attached hydrogens (tertiary/aromatic N) is 4. The highest BCUT2D eigenvalue weighted by atomic mass is 15.3. The Balaban J connectivity index is 1.61. The van der Waals surface area contributed by atoms with Gasteiger partial charge in [0.15, 0.2) is 0 Å². The third-order valence-electron chi connectivity index (χ3n) is 4.07. The van der Waals surface area contributed by atoms with Crippen LogP contribution in [-0.4, -0.2) is 19.3 Å². The number of rotatable bonds is 5. The fourth-order valence-corrected chi connectivity index (χ4v) is 2.88. The molecule has 2 heterocycles. The highest BCUT2D eigenvalue weighted by molar-refractivity contribution is 5.79. The van der Waals surface area contributed by atoms with Gasteiger partial charge < -0.3 is 10.3 Å². The zero-order chi connectivity index (χ0) is 14.2. The Bertz CT molecular complexity index is 752. The van der Waals surface area contributed by atoms with Crippen LogP contribution in [0.25, 0.3) is 11.0 Å². The van der Waals surface area contributed by atoms with Crippen molar-refractivity contribution in [1.29, 1.82) is 0 Å². The van der Waals surface area contributed by atoms with E-state index >= 15 is 0 Å². The Labute approximate surface area is 123 Å². The lowest BCUT2D eigenvalue weighted by Gasteiger charge is -2.09. The van der Waals surface area contributed by atoms with Crippen molar-refractivity contribution in [3.05, 3.63) is 42.5 Å². The molecular formula is C16H19N5. The van der Waals surface area contributed by atoms with Crippen LogP contribution in [0.4, 0.5) is 5.69 Å². The summed E-state index contributed by atoms with van der Waals surface area (Å²) in [7, 11) is 0. The van der Waals surface area contributed by atoms with Crippen LogP contribution in [0.15, 0.2) is 36.7 Å². The number of hydrogen-bond acceptors (Lipinski definition) is 3. The van der Waals surface area contributed by atoms with E-state index in [0.717, 1.165) is 30.7 Å². The quantitative estimate of drug-likeness (QED) is 0.731. The van der Waals surface area contributed by atoms with Gasteiger partial charge in [0.25, 0.3) is 0 Å². The first-order chi connectivity index (χ1) is 10.3. The van der Waals surface area contributed by atoms with Crippen molar-refractivity contribution in [3.8, 4) is 0 Å². The molecule has 0 saturated heterocycles. The number of nitrogen functional groups attached to an aromatic ring is 1. The number of hydrogen-bond donors (Lipinski definition) is 1. The molecule has 2 aromatic heterocycles. The van der Waals surface area contributed by atoms with Crippen molar-refractivity contribution in [3.63, 3.8) is 0 Å². The lowest BCUT2D eigenvalue weighted by Crippen LogP contribution is -2.07. The van der Waals surface area contributed by atoms with Gasteiger partial charge in [0.1, 0.15) is 5.82 Å². The number of aryl methyl sites for hydroxylation is 2. The molecule has 3 aromatic rings. The van der Waals surface area contributed by atoms with Crippen molar-refractivity contribution in [1.82, 2.24) is 19.3 Å². The zero-order valence-electron chi connectivity index (χ0n) is 11.9. The van der Waals surface area contributed by atoms with E-state index in [0.29, 0.717) is 5.92 Å². The van der Waals surface area contributed by atoms with Crippen molar-refractivity contribution in [2.45, 2.75) is 38.3 Å². The second-order valence-corrected chi connectivity index (χ2v) is 5.77. The van der Waals surface area contributed by atoms with E-state index in [4.69, 9.17) is 10.7 Å². The number of aromatic nitrogens is 4. The minimum Gasteiger partial charge on any atom is -0.399 e. The van der Waals surface area contributed by atoms with Crippen LogP contribution in [0.3, 0.4) is 0 Å². The first-order valence-corrected chi connectivity index (χ1v) is 7.54. The topological polar surface area (TPSA) is 61.7 Å². The van der Waals surface area contributed by atoms with Crippen molar-refractivity contribution in [2.24, 2.45) is 0 Å². The molecule has 0 spiro atoms. The van der Waals surface area contributed by atoms with E-state index in [1.54, 1.807) is 0 Å². The van der Waals surface area contributed by atoms with Crippen molar-refractivity contribution < 1.29 is 0 Å². The first-order valence-electron chi connectivity index (χ1n) is 7.54. The number of fused-ring (bicyclic) bond motifs is 1. The van der Waals surface area contributed by atoms with Gasteiger partial charge >= 0.3 is 0 Å². The summed E-state index contributed by atoms with van der Waals surface area (Å²) in [5, 5.41) is 4.25. The molecule has 4 rings (SSSR count). The van der Waals surface area contributed by atoms with Gasteiger partial charge in [-0.25, -0.2) is 4.98 Å². The molecule has 0 unspecified atom stereocenters. The molecule has 1 aliphatic rings. The highest BCUT2D eigenvalue weighted by Gasteiger charge is 2.29. The standard InChI is InChI=1S/C16H19N5/c17-13-5-6-15-14(11-13)19-16(12-3-4-12)21(15)10-2-9-20-8-1-7-18-20/h1,5-8,11-12H,2-4,9-10,17H2. The maximum atomic E-state index is 5.88. The Morgan fingerprint density at radius 3 is 2.90 bits per heavy atom. The Morgan fingerprint density at radius 2 is 2.14 bits per heavy atom.